The third kappa shape index (κ3) is 5.77. The average Bonchev–Trinajstić information content (AvgIpc) is 3.37. The molecule has 1 fully saturated rings. The van der Waals surface area contributed by atoms with E-state index < -0.39 is 12.1 Å². The SMILES string of the molecule is CC(C)(C)C(c1ccccc1)[C@@H]1CN(C(=O)O)CCN1C(=O)c1[nH]c(C=O)c(-c2cccc(Br)c2)c1-c1ccccc1. The van der Waals surface area contributed by atoms with Gasteiger partial charge in [-0.1, -0.05) is 109 Å². The number of hydrogen-bond donors (Lipinski definition) is 2. The molecule has 1 saturated heterocycles. The largest absolute Gasteiger partial charge is 0.465 e. The number of aldehydes is 1. The Morgan fingerprint density at radius 3 is 2.17 bits per heavy atom. The van der Waals surface area contributed by atoms with Crippen molar-refractivity contribution in [3.63, 3.8) is 0 Å². The zero-order valence-electron chi connectivity index (χ0n) is 23.9. The minimum atomic E-state index is -1.00. The summed E-state index contributed by atoms with van der Waals surface area (Å²) < 4.78 is 0.852. The Labute approximate surface area is 254 Å². The summed E-state index contributed by atoms with van der Waals surface area (Å²) in [6.07, 6.45) is -0.251. The first-order valence-electron chi connectivity index (χ1n) is 14.0. The molecule has 1 aliphatic heterocycles. The lowest BCUT2D eigenvalue weighted by atomic mass is 9.71. The standard InChI is InChI=1S/C34H34BrN3O4/c1-34(2,3)30(23-13-8-5-9-14-23)27-20-37(33(41)42)17-18-38(27)32(40)31-29(22-11-6-4-7-12-22)28(26(21-39)36-31)24-15-10-16-25(35)19-24/h4-16,19,21,27,30,36H,17-18,20H2,1-3H3,(H,41,42)/t27-,30?/m0/s1. The van der Waals surface area contributed by atoms with Gasteiger partial charge in [0.2, 0.25) is 0 Å². The van der Waals surface area contributed by atoms with Gasteiger partial charge in [0.25, 0.3) is 5.91 Å². The minimum absolute atomic E-state index is 0.157. The molecule has 8 heteroatoms. The number of carboxylic acid groups (broad SMARTS) is 1. The van der Waals surface area contributed by atoms with Crippen molar-refractivity contribution in [3.8, 4) is 22.3 Å². The van der Waals surface area contributed by atoms with Crippen LogP contribution >= 0.6 is 15.9 Å². The number of carbonyl (C=O) groups is 3. The first-order chi connectivity index (χ1) is 20.1. The van der Waals surface area contributed by atoms with Gasteiger partial charge in [0.15, 0.2) is 6.29 Å². The number of nitrogens with one attached hydrogen (secondary N) is 1. The second-order valence-electron chi connectivity index (χ2n) is 11.7. The van der Waals surface area contributed by atoms with Gasteiger partial charge < -0.3 is 19.9 Å². The van der Waals surface area contributed by atoms with Crippen LogP contribution in [0.2, 0.25) is 0 Å². The number of rotatable bonds is 6. The highest BCUT2D eigenvalue weighted by atomic mass is 79.9. The number of H-pyrrole nitrogens is 1. The number of benzene rings is 3. The maximum Gasteiger partial charge on any atom is 0.407 e. The van der Waals surface area contributed by atoms with Crippen molar-refractivity contribution in [2.45, 2.75) is 32.7 Å². The number of aromatic nitrogens is 1. The normalized spacial score (nSPS) is 16.2. The Bertz CT molecular complexity index is 1590. The quantitative estimate of drug-likeness (QED) is 0.216. The fourth-order valence-electron chi connectivity index (χ4n) is 6.23. The van der Waals surface area contributed by atoms with Gasteiger partial charge >= 0.3 is 6.09 Å². The maximum atomic E-state index is 14.7. The van der Waals surface area contributed by atoms with Crippen molar-refractivity contribution in [2.24, 2.45) is 5.41 Å². The molecule has 2 atom stereocenters. The monoisotopic (exact) mass is 627 g/mol. The van der Waals surface area contributed by atoms with Crippen molar-refractivity contribution < 1.29 is 19.5 Å². The van der Waals surface area contributed by atoms with E-state index in [0.717, 1.165) is 27.4 Å². The van der Waals surface area contributed by atoms with Crippen LogP contribution in [0.4, 0.5) is 4.79 Å². The number of carbonyl (C=O) groups excluding carboxylic acids is 2. The van der Waals surface area contributed by atoms with E-state index in [0.29, 0.717) is 22.5 Å². The van der Waals surface area contributed by atoms with Crippen LogP contribution < -0.4 is 0 Å². The van der Waals surface area contributed by atoms with Gasteiger partial charge in [-0.05, 0) is 34.2 Å². The number of amides is 2. The molecule has 1 unspecified atom stereocenters. The van der Waals surface area contributed by atoms with E-state index in [1.807, 2.05) is 84.9 Å². The van der Waals surface area contributed by atoms with Gasteiger partial charge in [-0.25, -0.2) is 4.79 Å². The Hall–Kier alpha value is -4.17. The van der Waals surface area contributed by atoms with Crippen molar-refractivity contribution in [1.82, 2.24) is 14.8 Å². The highest BCUT2D eigenvalue weighted by molar-refractivity contribution is 9.10. The molecule has 2 N–H and O–H groups in total. The molecule has 0 spiro atoms. The van der Waals surface area contributed by atoms with Crippen LogP contribution in [0.1, 0.15) is 53.2 Å². The van der Waals surface area contributed by atoms with Crippen molar-refractivity contribution in [2.75, 3.05) is 19.6 Å². The topological polar surface area (TPSA) is 93.7 Å². The summed E-state index contributed by atoms with van der Waals surface area (Å²) in [5.41, 5.74) is 4.27. The van der Waals surface area contributed by atoms with Crippen LogP contribution in [0.25, 0.3) is 22.3 Å². The summed E-state index contributed by atoms with van der Waals surface area (Å²) in [6, 6.07) is 26.8. The molecule has 0 radical (unpaired) electrons. The Balaban J connectivity index is 1.69. The van der Waals surface area contributed by atoms with E-state index in [1.165, 1.54) is 4.90 Å². The van der Waals surface area contributed by atoms with Crippen LogP contribution in [-0.4, -0.2) is 63.9 Å². The number of hydrogen-bond acceptors (Lipinski definition) is 3. The molecule has 42 heavy (non-hydrogen) atoms. The molecule has 0 aliphatic carbocycles. The first kappa shape index (κ1) is 29.3. The van der Waals surface area contributed by atoms with E-state index in [9.17, 15) is 19.5 Å². The predicted octanol–water partition coefficient (Wildman–Crippen LogP) is 7.56. The minimum Gasteiger partial charge on any atom is -0.465 e. The summed E-state index contributed by atoms with van der Waals surface area (Å²) in [5, 5.41) is 9.94. The zero-order chi connectivity index (χ0) is 30.0. The molecule has 4 aromatic rings. The second kappa shape index (κ2) is 12.0. The summed E-state index contributed by atoms with van der Waals surface area (Å²) in [4.78, 5) is 45.7. The Kier molecular flexibility index (Phi) is 8.36. The van der Waals surface area contributed by atoms with E-state index >= 15 is 0 Å². The van der Waals surface area contributed by atoms with Crippen molar-refractivity contribution >= 4 is 34.2 Å². The first-order valence-corrected chi connectivity index (χ1v) is 14.8. The van der Waals surface area contributed by atoms with Gasteiger partial charge in [0.1, 0.15) is 5.69 Å². The lowest BCUT2D eigenvalue weighted by Gasteiger charge is -2.48. The van der Waals surface area contributed by atoms with Crippen molar-refractivity contribution in [3.05, 3.63) is 106 Å². The van der Waals surface area contributed by atoms with Crippen LogP contribution in [0.3, 0.4) is 0 Å². The van der Waals surface area contributed by atoms with Crippen LogP contribution in [0.5, 0.6) is 0 Å². The number of halogens is 1. The van der Waals surface area contributed by atoms with Gasteiger partial charge in [-0.3, -0.25) is 9.59 Å². The summed E-state index contributed by atoms with van der Waals surface area (Å²) >= 11 is 3.54. The smallest absolute Gasteiger partial charge is 0.407 e. The molecule has 3 aromatic carbocycles. The van der Waals surface area contributed by atoms with Gasteiger partial charge in [-0.15, -0.1) is 0 Å². The van der Waals surface area contributed by atoms with E-state index in [2.05, 4.69) is 41.7 Å². The molecular formula is C34H34BrN3O4. The molecule has 0 bridgehead atoms. The van der Waals surface area contributed by atoms with E-state index in [4.69, 9.17) is 0 Å². The third-order valence-electron chi connectivity index (χ3n) is 7.96. The van der Waals surface area contributed by atoms with Gasteiger partial charge in [0, 0.05) is 41.2 Å². The summed E-state index contributed by atoms with van der Waals surface area (Å²) in [5.74, 6) is -0.423. The molecule has 2 heterocycles. The molecular weight excluding hydrogens is 594 g/mol. The fraction of sp³-hybridized carbons (Fsp3) is 0.265. The molecule has 0 saturated carbocycles. The number of nitrogens with zero attached hydrogens (tertiary/aromatic N) is 2. The molecule has 1 aliphatic rings. The summed E-state index contributed by atoms with van der Waals surface area (Å²) in [7, 11) is 0. The van der Waals surface area contributed by atoms with E-state index in [1.54, 1.807) is 4.90 Å². The number of piperazine rings is 1. The molecule has 1 aromatic heterocycles. The van der Waals surface area contributed by atoms with Gasteiger partial charge in [-0.2, -0.15) is 0 Å². The second-order valence-corrected chi connectivity index (χ2v) is 12.6. The highest BCUT2D eigenvalue weighted by Gasteiger charge is 2.44. The molecule has 5 rings (SSSR count). The maximum absolute atomic E-state index is 14.7. The van der Waals surface area contributed by atoms with Gasteiger partial charge in [0.05, 0.1) is 11.7 Å². The van der Waals surface area contributed by atoms with Crippen molar-refractivity contribution in [1.29, 1.82) is 0 Å². The fourth-order valence-corrected chi connectivity index (χ4v) is 6.63. The third-order valence-corrected chi connectivity index (χ3v) is 8.46. The lowest BCUT2D eigenvalue weighted by Crippen LogP contribution is -2.59. The molecule has 7 nitrogen and oxygen atoms in total. The van der Waals surface area contributed by atoms with Crippen LogP contribution in [0, 0.1) is 5.41 Å². The summed E-state index contributed by atoms with van der Waals surface area (Å²) in [6.45, 7) is 6.96. The molecule has 216 valence electrons. The lowest BCUT2D eigenvalue weighted by molar-refractivity contribution is 0.0279. The van der Waals surface area contributed by atoms with E-state index in [-0.39, 0.29) is 36.9 Å². The number of aromatic amines is 1. The zero-order valence-corrected chi connectivity index (χ0v) is 25.5. The van der Waals surface area contributed by atoms with Crippen LogP contribution in [0.15, 0.2) is 89.4 Å². The predicted molar refractivity (Wildman–Crippen MR) is 168 cm³/mol. The Morgan fingerprint density at radius 2 is 1.57 bits per heavy atom. The highest BCUT2D eigenvalue weighted by Crippen LogP contribution is 2.43. The molecule has 2 amide bonds. The average molecular weight is 629 g/mol. The van der Waals surface area contributed by atoms with Crippen LogP contribution in [-0.2, 0) is 0 Å². The Morgan fingerprint density at radius 1 is 0.929 bits per heavy atom.